The standard InChI is InChI=1S/C31H30F4N6O2S/c1-3-21-7-4-5-8-26(21)40-17-6-18-44-30(40)38-29(42)37-20(2)27(32)22-9-11-23(12-10-22)28-36-19-41(39-28)24-13-15-25(16-14-24)43-31(33,34)35/h4-5,7-16,19-20,27H,3,6,17-18H2,1-2H3,(H,37,42). The van der Waals surface area contributed by atoms with Gasteiger partial charge in [-0.25, -0.2) is 18.9 Å². The number of carbonyl (C=O) groups is 1. The first-order valence-electron chi connectivity index (χ1n) is 14.0. The molecule has 2 unspecified atom stereocenters. The van der Waals surface area contributed by atoms with Gasteiger partial charge in [0.05, 0.1) is 11.7 Å². The number of nitrogens with zero attached hydrogens (tertiary/aromatic N) is 5. The molecule has 5 rings (SSSR count). The van der Waals surface area contributed by atoms with E-state index in [4.69, 9.17) is 0 Å². The highest BCUT2D eigenvalue weighted by molar-refractivity contribution is 8.14. The summed E-state index contributed by atoms with van der Waals surface area (Å²) < 4.78 is 57.9. The molecular formula is C31H30F4N6O2S. The molecular weight excluding hydrogens is 596 g/mol. The highest BCUT2D eigenvalue weighted by atomic mass is 32.2. The number of benzene rings is 3. The SMILES string of the molecule is CCc1ccccc1N1CCCSC1=NC(=O)NC(C)C(F)c1ccc(-c2ncn(-c3ccc(OC(F)(F)F)cc3)n2)cc1. The average molecular weight is 627 g/mol. The Kier molecular flexibility index (Phi) is 9.52. The summed E-state index contributed by atoms with van der Waals surface area (Å²) in [7, 11) is 0. The Morgan fingerprint density at radius 1 is 1.09 bits per heavy atom. The number of para-hydroxylation sites is 1. The van der Waals surface area contributed by atoms with Crippen LogP contribution >= 0.6 is 11.8 Å². The molecule has 3 aromatic carbocycles. The van der Waals surface area contributed by atoms with Crippen molar-refractivity contribution < 1.29 is 27.1 Å². The molecule has 0 aliphatic carbocycles. The Hall–Kier alpha value is -4.39. The average Bonchev–Trinajstić information content (AvgIpc) is 3.51. The van der Waals surface area contributed by atoms with Gasteiger partial charge in [0.1, 0.15) is 18.2 Å². The fourth-order valence-corrected chi connectivity index (χ4v) is 5.71. The number of urea groups is 1. The summed E-state index contributed by atoms with van der Waals surface area (Å²) in [6, 6.07) is 18.3. The fraction of sp³-hybridized carbons (Fsp3) is 0.290. The zero-order chi connectivity index (χ0) is 31.3. The first kappa shape index (κ1) is 31.0. The maximum absolute atomic E-state index is 15.4. The lowest BCUT2D eigenvalue weighted by atomic mass is 10.0. The van der Waals surface area contributed by atoms with Crippen LogP contribution in [-0.4, -0.2) is 50.7 Å². The van der Waals surface area contributed by atoms with Gasteiger partial charge in [-0.3, -0.25) is 0 Å². The van der Waals surface area contributed by atoms with E-state index in [0.29, 0.717) is 27.8 Å². The smallest absolute Gasteiger partial charge is 0.406 e. The number of hydrogen-bond acceptors (Lipinski definition) is 5. The molecule has 1 N–H and O–H groups in total. The number of hydrogen-bond donors (Lipinski definition) is 1. The van der Waals surface area contributed by atoms with Crippen LogP contribution in [0.2, 0.25) is 0 Å². The third-order valence-corrected chi connectivity index (χ3v) is 8.02. The van der Waals surface area contributed by atoms with E-state index in [2.05, 4.69) is 43.0 Å². The number of anilines is 1. The number of aliphatic imine (C=N–C) groups is 1. The van der Waals surface area contributed by atoms with Gasteiger partial charge in [0.2, 0.25) is 0 Å². The van der Waals surface area contributed by atoms with E-state index in [0.717, 1.165) is 30.8 Å². The Bertz CT molecular complexity index is 1610. The number of halogens is 4. The topological polar surface area (TPSA) is 84.6 Å². The monoisotopic (exact) mass is 626 g/mol. The van der Waals surface area contributed by atoms with Crippen LogP contribution in [-0.2, 0) is 6.42 Å². The molecule has 1 fully saturated rings. The molecule has 1 aliphatic rings. The number of amides is 2. The molecule has 8 nitrogen and oxygen atoms in total. The Morgan fingerprint density at radius 2 is 1.82 bits per heavy atom. The Balaban J connectivity index is 1.22. The molecule has 2 amide bonds. The lowest BCUT2D eigenvalue weighted by Gasteiger charge is -2.31. The van der Waals surface area contributed by atoms with Gasteiger partial charge < -0.3 is 15.0 Å². The number of carbonyl (C=O) groups excluding carboxylic acids is 1. The van der Waals surface area contributed by atoms with Crippen LogP contribution in [0.4, 0.5) is 28.0 Å². The van der Waals surface area contributed by atoms with Crippen molar-refractivity contribution >= 4 is 28.6 Å². The second-order valence-electron chi connectivity index (χ2n) is 10.0. The minimum absolute atomic E-state index is 0.344. The van der Waals surface area contributed by atoms with Crippen molar-refractivity contribution in [2.75, 3.05) is 17.2 Å². The molecule has 4 aromatic rings. The van der Waals surface area contributed by atoms with Gasteiger partial charge in [-0.1, -0.05) is 61.2 Å². The number of aromatic nitrogens is 3. The number of thioether (sulfide) groups is 1. The van der Waals surface area contributed by atoms with E-state index in [-0.39, 0.29) is 5.75 Å². The highest BCUT2D eigenvalue weighted by Crippen LogP contribution is 2.29. The number of ether oxygens (including phenoxy) is 1. The van der Waals surface area contributed by atoms with Crippen molar-refractivity contribution in [3.63, 3.8) is 0 Å². The van der Waals surface area contributed by atoms with Gasteiger partial charge in [0.15, 0.2) is 11.0 Å². The van der Waals surface area contributed by atoms with Crippen molar-refractivity contribution in [1.82, 2.24) is 20.1 Å². The van der Waals surface area contributed by atoms with Crippen molar-refractivity contribution in [3.05, 3.63) is 90.3 Å². The van der Waals surface area contributed by atoms with E-state index in [1.54, 1.807) is 31.2 Å². The second kappa shape index (κ2) is 13.5. The lowest BCUT2D eigenvalue weighted by Crippen LogP contribution is -2.38. The van der Waals surface area contributed by atoms with Crippen molar-refractivity contribution in [2.45, 2.75) is 45.3 Å². The minimum atomic E-state index is -4.78. The van der Waals surface area contributed by atoms with E-state index < -0.39 is 24.6 Å². The van der Waals surface area contributed by atoms with Crippen LogP contribution in [0.15, 0.2) is 84.1 Å². The molecule has 2 atom stereocenters. The summed E-state index contributed by atoms with van der Waals surface area (Å²) >= 11 is 1.51. The molecule has 1 aliphatic heterocycles. The highest BCUT2D eigenvalue weighted by Gasteiger charge is 2.31. The van der Waals surface area contributed by atoms with Crippen LogP contribution < -0.4 is 15.0 Å². The molecule has 1 aromatic heterocycles. The first-order chi connectivity index (χ1) is 21.1. The predicted molar refractivity (Wildman–Crippen MR) is 163 cm³/mol. The number of rotatable bonds is 8. The van der Waals surface area contributed by atoms with Crippen LogP contribution in [0.1, 0.15) is 37.6 Å². The Labute approximate surface area is 256 Å². The summed E-state index contributed by atoms with van der Waals surface area (Å²) in [6.45, 7) is 4.42. The molecule has 1 saturated heterocycles. The second-order valence-corrected chi connectivity index (χ2v) is 11.1. The lowest BCUT2D eigenvalue weighted by molar-refractivity contribution is -0.274. The normalized spacial score (nSPS) is 16.0. The molecule has 0 bridgehead atoms. The predicted octanol–water partition coefficient (Wildman–Crippen LogP) is 7.50. The van der Waals surface area contributed by atoms with Gasteiger partial charge in [0, 0.05) is 23.5 Å². The summed E-state index contributed by atoms with van der Waals surface area (Å²) in [5.74, 6) is 0.850. The van der Waals surface area contributed by atoms with Crippen LogP contribution in [0, 0.1) is 0 Å². The Morgan fingerprint density at radius 3 is 2.52 bits per heavy atom. The van der Waals surface area contributed by atoms with Gasteiger partial charge in [-0.15, -0.1) is 18.3 Å². The van der Waals surface area contributed by atoms with Crippen LogP contribution in [0.3, 0.4) is 0 Å². The number of aryl methyl sites for hydroxylation is 1. The molecule has 44 heavy (non-hydrogen) atoms. The summed E-state index contributed by atoms with van der Waals surface area (Å²) in [4.78, 5) is 23.5. The number of alkyl halides is 4. The zero-order valence-corrected chi connectivity index (χ0v) is 24.8. The maximum atomic E-state index is 15.4. The van der Waals surface area contributed by atoms with E-state index in [1.807, 2.05) is 18.2 Å². The van der Waals surface area contributed by atoms with Gasteiger partial charge in [0.25, 0.3) is 0 Å². The van der Waals surface area contributed by atoms with E-state index in [1.165, 1.54) is 52.6 Å². The van der Waals surface area contributed by atoms with Crippen molar-refractivity contribution in [3.8, 4) is 22.8 Å². The maximum Gasteiger partial charge on any atom is 0.573 e. The van der Waals surface area contributed by atoms with Gasteiger partial charge in [-0.05, 0) is 61.2 Å². The third-order valence-electron chi connectivity index (χ3n) is 6.95. The molecule has 13 heteroatoms. The summed E-state index contributed by atoms with van der Waals surface area (Å²) in [6.07, 6.45) is -3.03. The van der Waals surface area contributed by atoms with Gasteiger partial charge >= 0.3 is 12.4 Å². The number of nitrogens with one attached hydrogen (secondary N) is 1. The van der Waals surface area contributed by atoms with E-state index >= 15 is 4.39 Å². The van der Waals surface area contributed by atoms with Crippen LogP contribution in [0.25, 0.3) is 17.1 Å². The molecule has 2 heterocycles. The largest absolute Gasteiger partial charge is 0.573 e. The number of amidine groups is 1. The van der Waals surface area contributed by atoms with Gasteiger partial charge in [-0.2, -0.15) is 4.99 Å². The third kappa shape index (κ3) is 7.57. The van der Waals surface area contributed by atoms with Crippen LogP contribution in [0.5, 0.6) is 5.75 Å². The molecule has 0 spiro atoms. The zero-order valence-electron chi connectivity index (χ0n) is 24.0. The first-order valence-corrected chi connectivity index (χ1v) is 15.0. The summed E-state index contributed by atoms with van der Waals surface area (Å²) in [5.41, 5.74) is 3.65. The quantitative estimate of drug-likeness (QED) is 0.204. The fourth-order valence-electron chi connectivity index (χ4n) is 4.76. The molecule has 0 radical (unpaired) electrons. The summed E-state index contributed by atoms with van der Waals surface area (Å²) in [5, 5.41) is 7.64. The van der Waals surface area contributed by atoms with E-state index in [9.17, 15) is 18.0 Å². The molecule has 0 saturated carbocycles. The minimum Gasteiger partial charge on any atom is -0.406 e. The molecule has 230 valence electrons. The van der Waals surface area contributed by atoms with Crippen molar-refractivity contribution in [1.29, 1.82) is 0 Å². The van der Waals surface area contributed by atoms with Crippen molar-refractivity contribution in [2.24, 2.45) is 4.99 Å².